The predicted octanol–water partition coefficient (Wildman–Crippen LogP) is 1.94. The Morgan fingerprint density at radius 2 is 1.92 bits per heavy atom. The molecule has 0 fully saturated rings. The van der Waals surface area contributed by atoms with E-state index in [0.717, 1.165) is 5.56 Å². The maximum absolute atomic E-state index is 13.5. The molecule has 0 radical (unpaired) electrons. The van der Waals surface area contributed by atoms with Crippen molar-refractivity contribution in [3.8, 4) is 5.75 Å². The molecule has 2 heterocycles. The Kier molecular flexibility index (Phi) is 8.00. The standard InChI is InChI=1S/C26H27N5O7/c1-38-19-8-6-17(7-9-19)12-24(32)30-15-23-20(13-22(30)26(35)27-11-10-25(33)34)28-16-29(23)14-18-4-2-3-5-21(18)31(36)37/h2-9,16,22H,10-15H2,1H3,(H,27,35)(H,33,34). The van der Waals surface area contributed by atoms with Crippen LogP contribution in [0.1, 0.15) is 28.9 Å². The number of aliphatic carboxylic acids is 1. The van der Waals surface area contributed by atoms with Crippen LogP contribution in [-0.4, -0.2) is 62.0 Å². The van der Waals surface area contributed by atoms with Crippen molar-refractivity contribution in [1.82, 2.24) is 19.8 Å². The monoisotopic (exact) mass is 521 g/mol. The van der Waals surface area contributed by atoms with E-state index in [1.54, 1.807) is 60.5 Å². The lowest BCUT2D eigenvalue weighted by atomic mass is 9.99. The Hall–Kier alpha value is -4.74. The number of methoxy groups -OCH3 is 1. The minimum absolute atomic E-state index is 0.0196. The van der Waals surface area contributed by atoms with Crippen molar-refractivity contribution in [2.24, 2.45) is 0 Å². The molecule has 38 heavy (non-hydrogen) atoms. The highest BCUT2D eigenvalue weighted by atomic mass is 16.6. The van der Waals surface area contributed by atoms with Gasteiger partial charge in [0.25, 0.3) is 5.69 Å². The smallest absolute Gasteiger partial charge is 0.305 e. The van der Waals surface area contributed by atoms with Crippen molar-refractivity contribution in [3.05, 3.63) is 87.5 Å². The third kappa shape index (κ3) is 5.97. The molecule has 1 aliphatic rings. The molecule has 12 heteroatoms. The van der Waals surface area contributed by atoms with Crippen LogP contribution >= 0.6 is 0 Å². The zero-order chi connectivity index (χ0) is 27.2. The summed E-state index contributed by atoms with van der Waals surface area (Å²) in [5, 5.41) is 23.0. The number of nitro benzene ring substituents is 1. The number of aromatic nitrogens is 2. The Morgan fingerprint density at radius 1 is 1.18 bits per heavy atom. The van der Waals surface area contributed by atoms with Gasteiger partial charge in [-0.1, -0.05) is 30.3 Å². The molecule has 3 aromatic rings. The van der Waals surface area contributed by atoms with E-state index < -0.39 is 22.8 Å². The summed E-state index contributed by atoms with van der Waals surface area (Å²) in [6.45, 7) is 0.182. The molecule has 1 aliphatic heterocycles. The van der Waals surface area contributed by atoms with Gasteiger partial charge in [-0.15, -0.1) is 0 Å². The van der Waals surface area contributed by atoms with Crippen molar-refractivity contribution < 1.29 is 29.2 Å². The van der Waals surface area contributed by atoms with Gasteiger partial charge in [0.05, 0.1) is 55.7 Å². The number of carboxylic acid groups (broad SMARTS) is 1. The van der Waals surface area contributed by atoms with Crippen molar-refractivity contribution in [1.29, 1.82) is 0 Å². The third-order valence-corrected chi connectivity index (χ3v) is 6.42. The molecule has 2 N–H and O–H groups in total. The molecular weight excluding hydrogens is 494 g/mol. The number of ether oxygens (including phenoxy) is 1. The first-order chi connectivity index (χ1) is 18.3. The molecule has 0 spiro atoms. The number of nitro groups is 1. The van der Waals surface area contributed by atoms with E-state index in [2.05, 4.69) is 10.3 Å². The SMILES string of the molecule is COc1ccc(CC(=O)N2Cc3c(ncn3Cc3ccccc3[N+](=O)[O-])CC2C(=O)NCCC(=O)O)cc1. The number of carboxylic acids is 1. The summed E-state index contributed by atoms with van der Waals surface area (Å²) < 4.78 is 6.92. The molecule has 1 unspecified atom stereocenters. The lowest BCUT2D eigenvalue weighted by Gasteiger charge is -2.35. The fourth-order valence-corrected chi connectivity index (χ4v) is 4.44. The minimum atomic E-state index is -1.04. The van der Waals surface area contributed by atoms with Gasteiger partial charge in [-0.25, -0.2) is 4.98 Å². The molecule has 2 amide bonds. The maximum atomic E-state index is 13.5. The normalized spacial score (nSPS) is 14.4. The number of imidazole rings is 1. The summed E-state index contributed by atoms with van der Waals surface area (Å²) in [6.07, 6.45) is 1.48. The van der Waals surface area contributed by atoms with E-state index in [1.807, 2.05) is 0 Å². The van der Waals surface area contributed by atoms with Crippen LogP contribution in [0.15, 0.2) is 54.9 Å². The Balaban J connectivity index is 1.60. The number of carbonyl (C=O) groups excluding carboxylic acids is 2. The van der Waals surface area contributed by atoms with Gasteiger partial charge >= 0.3 is 5.97 Å². The van der Waals surface area contributed by atoms with Crippen LogP contribution in [0.5, 0.6) is 5.75 Å². The van der Waals surface area contributed by atoms with E-state index in [4.69, 9.17) is 9.84 Å². The van der Waals surface area contributed by atoms with E-state index in [9.17, 15) is 24.5 Å². The number of benzene rings is 2. The van der Waals surface area contributed by atoms with E-state index in [1.165, 1.54) is 11.0 Å². The number of fused-ring (bicyclic) bond motifs is 1. The largest absolute Gasteiger partial charge is 0.497 e. The molecule has 198 valence electrons. The van der Waals surface area contributed by atoms with Gasteiger partial charge < -0.3 is 24.6 Å². The van der Waals surface area contributed by atoms with E-state index >= 15 is 0 Å². The number of hydrogen-bond donors (Lipinski definition) is 2. The highest BCUT2D eigenvalue weighted by molar-refractivity contribution is 5.89. The van der Waals surface area contributed by atoms with Crippen molar-refractivity contribution in [2.75, 3.05) is 13.7 Å². The number of carbonyl (C=O) groups is 3. The van der Waals surface area contributed by atoms with Crippen molar-refractivity contribution in [2.45, 2.75) is 38.4 Å². The van der Waals surface area contributed by atoms with Crippen molar-refractivity contribution in [3.63, 3.8) is 0 Å². The third-order valence-electron chi connectivity index (χ3n) is 6.42. The molecule has 1 atom stereocenters. The first kappa shape index (κ1) is 26.3. The first-order valence-corrected chi connectivity index (χ1v) is 11.9. The van der Waals surface area contributed by atoms with Crippen LogP contribution in [0.25, 0.3) is 0 Å². The van der Waals surface area contributed by atoms with Gasteiger partial charge in [0, 0.05) is 24.6 Å². The summed E-state index contributed by atoms with van der Waals surface area (Å²) in [6, 6.07) is 12.6. The van der Waals surface area contributed by atoms with Crippen molar-refractivity contribution >= 4 is 23.5 Å². The number of nitrogens with one attached hydrogen (secondary N) is 1. The average molecular weight is 522 g/mol. The van der Waals surface area contributed by atoms with Crippen LogP contribution in [0.3, 0.4) is 0 Å². The van der Waals surface area contributed by atoms with Crippen LogP contribution in [-0.2, 0) is 40.3 Å². The molecular formula is C26H27N5O7. The van der Waals surface area contributed by atoms with Gasteiger partial charge in [0.2, 0.25) is 11.8 Å². The molecule has 0 saturated heterocycles. The molecule has 0 saturated carbocycles. The topological polar surface area (TPSA) is 157 Å². The second-order valence-electron chi connectivity index (χ2n) is 8.85. The molecule has 2 aromatic carbocycles. The number of rotatable bonds is 10. The van der Waals surface area contributed by atoms with Gasteiger partial charge in [-0.05, 0) is 17.7 Å². The Morgan fingerprint density at radius 3 is 2.61 bits per heavy atom. The van der Waals surface area contributed by atoms with Gasteiger partial charge in [-0.2, -0.15) is 0 Å². The second kappa shape index (κ2) is 11.5. The van der Waals surface area contributed by atoms with E-state index in [-0.39, 0.29) is 50.5 Å². The lowest BCUT2D eigenvalue weighted by molar-refractivity contribution is -0.385. The van der Waals surface area contributed by atoms with Crippen LogP contribution in [0.2, 0.25) is 0 Å². The molecule has 12 nitrogen and oxygen atoms in total. The summed E-state index contributed by atoms with van der Waals surface area (Å²) in [4.78, 5) is 54.3. The number of para-hydroxylation sites is 1. The number of nitrogens with zero attached hydrogens (tertiary/aromatic N) is 4. The van der Waals surface area contributed by atoms with Gasteiger partial charge in [0.15, 0.2) is 0 Å². The molecule has 0 aliphatic carbocycles. The average Bonchev–Trinajstić information content (AvgIpc) is 3.29. The fourth-order valence-electron chi connectivity index (χ4n) is 4.44. The van der Waals surface area contributed by atoms with E-state index in [0.29, 0.717) is 22.7 Å². The number of hydrogen-bond acceptors (Lipinski definition) is 7. The lowest BCUT2D eigenvalue weighted by Crippen LogP contribution is -2.53. The highest BCUT2D eigenvalue weighted by Crippen LogP contribution is 2.27. The quantitative estimate of drug-likeness (QED) is 0.303. The molecule has 0 bridgehead atoms. The van der Waals surface area contributed by atoms with Crippen LogP contribution in [0.4, 0.5) is 5.69 Å². The zero-order valence-electron chi connectivity index (χ0n) is 20.7. The summed E-state index contributed by atoms with van der Waals surface area (Å²) >= 11 is 0. The van der Waals surface area contributed by atoms with Crippen LogP contribution in [0, 0.1) is 10.1 Å². The first-order valence-electron chi connectivity index (χ1n) is 11.9. The van der Waals surface area contributed by atoms with Gasteiger partial charge in [0.1, 0.15) is 11.8 Å². The van der Waals surface area contributed by atoms with Crippen LogP contribution < -0.4 is 10.1 Å². The Labute approximate surface area is 218 Å². The summed E-state index contributed by atoms with van der Waals surface area (Å²) in [7, 11) is 1.55. The number of amides is 2. The summed E-state index contributed by atoms with van der Waals surface area (Å²) in [5.41, 5.74) is 2.49. The zero-order valence-corrected chi connectivity index (χ0v) is 20.7. The molecule has 1 aromatic heterocycles. The predicted molar refractivity (Wildman–Crippen MR) is 134 cm³/mol. The maximum Gasteiger partial charge on any atom is 0.305 e. The Bertz CT molecular complexity index is 1350. The molecule has 4 rings (SSSR count). The fraction of sp³-hybridized carbons (Fsp3) is 0.308. The highest BCUT2D eigenvalue weighted by Gasteiger charge is 2.37. The summed E-state index contributed by atoms with van der Waals surface area (Å²) in [5.74, 6) is -1.15. The second-order valence-corrected chi connectivity index (χ2v) is 8.85. The minimum Gasteiger partial charge on any atom is -0.497 e. The van der Waals surface area contributed by atoms with Gasteiger partial charge in [-0.3, -0.25) is 24.5 Å².